The molecule has 0 bridgehead atoms. The average molecular weight is 298 g/mol. The monoisotopic (exact) mass is 298 g/mol. The van der Waals surface area contributed by atoms with Crippen LogP contribution in [0.1, 0.15) is 22.7 Å². The molecule has 0 fully saturated rings. The van der Waals surface area contributed by atoms with E-state index in [2.05, 4.69) is 54.0 Å². The molecule has 2 aromatic carbocycles. The average Bonchev–Trinajstić information content (AvgIpc) is 2.79. The molecular formula is C17H18N2OS. The van der Waals surface area contributed by atoms with E-state index in [9.17, 15) is 4.79 Å². The molecule has 3 nitrogen and oxygen atoms in total. The predicted octanol–water partition coefficient (Wildman–Crippen LogP) is 3.50. The minimum Gasteiger partial charge on any atom is -0.324 e. The quantitative estimate of drug-likeness (QED) is 0.849. The second-order valence-electron chi connectivity index (χ2n) is 5.24. The van der Waals surface area contributed by atoms with Crippen molar-refractivity contribution in [1.29, 1.82) is 0 Å². The zero-order valence-electron chi connectivity index (χ0n) is 12.1. The fraction of sp³-hybridized carbons (Fsp3) is 0.235. The molecule has 0 radical (unpaired) electrons. The lowest BCUT2D eigenvalue weighted by molar-refractivity contribution is -0.117. The van der Waals surface area contributed by atoms with Crippen LogP contribution < -0.4 is 10.6 Å². The fourth-order valence-corrected chi connectivity index (χ4v) is 3.46. The van der Waals surface area contributed by atoms with Crippen LogP contribution in [0.2, 0.25) is 0 Å². The summed E-state index contributed by atoms with van der Waals surface area (Å²) in [6.07, 6.45) is 0. The zero-order valence-corrected chi connectivity index (χ0v) is 13.0. The Morgan fingerprint density at radius 2 is 2.10 bits per heavy atom. The highest BCUT2D eigenvalue weighted by Crippen LogP contribution is 2.34. The van der Waals surface area contributed by atoms with Crippen molar-refractivity contribution in [3.63, 3.8) is 0 Å². The van der Waals surface area contributed by atoms with E-state index >= 15 is 0 Å². The number of thioether (sulfide) groups is 1. The molecule has 4 heteroatoms. The van der Waals surface area contributed by atoms with Gasteiger partial charge in [-0.15, -0.1) is 11.8 Å². The minimum atomic E-state index is -0.226. The first-order valence-corrected chi connectivity index (χ1v) is 7.96. The third kappa shape index (κ3) is 2.96. The van der Waals surface area contributed by atoms with E-state index in [4.69, 9.17) is 0 Å². The lowest BCUT2D eigenvalue weighted by atomic mass is 10.1. The number of hydrogen-bond acceptors (Lipinski definition) is 3. The third-order valence-corrected chi connectivity index (χ3v) is 4.70. The van der Waals surface area contributed by atoms with E-state index in [0.29, 0.717) is 0 Å². The fourth-order valence-electron chi connectivity index (χ4n) is 2.59. The van der Waals surface area contributed by atoms with Gasteiger partial charge in [0.05, 0.1) is 0 Å². The smallest absolute Gasteiger partial charge is 0.246 e. The molecule has 2 N–H and O–H groups in total. The number of carbonyl (C=O) groups is 1. The molecule has 2 aromatic rings. The molecule has 0 aromatic heterocycles. The first-order valence-electron chi connectivity index (χ1n) is 6.98. The Kier molecular flexibility index (Phi) is 3.99. The molecule has 1 heterocycles. The highest BCUT2D eigenvalue weighted by Gasteiger charge is 2.28. The largest absolute Gasteiger partial charge is 0.324 e. The summed E-state index contributed by atoms with van der Waals surface area (Å²) in [5.74, 6) is 0.956. The van der Waals surface area contributed by atoms with Gasteiger partial charge in [-0.3, -0.25) is 4.79 Å². The van der Waals surface area contributed by atoms with Gasteiger partial charge in [0.15, 0.2) is 0 Å². The number of nitrogens with one attached hydrogen (secondary N) is 2. The van der Waals surface area contributed by atoms with Crippen molar-refractivity contribution >= 4 is 23.4 Å². The topological polar surface area (TPSA) is 41.1 Å². The zero-order chi connectivity index (χ0) is 14.8. The molecule has 108 valence electrons. The van der Waals surface area contributed by atoms with E-state index in [-0.39, 0.29) is 11.9 Å². The summed E-state index contributed by atoms with van der Waals surface area (Å²) in [5.41, 5.74) is 4.56. The minimum absolute atomic E-state index is 0.0216. The van der Waals surface area contributed by atoms with Crippen LogP contribution >= 0.6 is 11.8 Å². The van der Waals surface area contributed by atoms with Crippen molar-refractivity contribution < 1.29 is 4.79 Å². The molecule has 0 saturated carbocycles. The molecule has 21 heavy (non-hydrogen) atoms. The number of rotatable bonds is 4. The van der Waals surface area contributed by atoms with Crippen LogP contribution in [0, 0.1) is 6.92 Å². The SMILES string of the molecule is CNC1C(=O)Nc2cc(SCc3cccc(C)c3)ccc21. The van der Waals surface area contributed by atoms with Crippen molar-refractivity contribution in [2.45, 2.75) is 23.6 Å². The Labute approximate surface area is 129 Å². The van der Waals surface area contributed by atoms with Crippen LogP contribution in [0.4, 0.5) is 5.69 Å². The van der Waals surface area contributed by atoms with Gasteiger partial charge in [0, 0.05) is 21.9 Å². The van der Waals surface area contributed by atoms with Gasteiger partial charge in [-0.2, -0.15) is 0 Å². The summed E-state index contributed by atoms with van der Waals surface area (Å²) in [7, 11) is 1.81. The third-order valence-electron chi connectivity index (χ3n) is 3.63. The number of aryl methyl sites for hydroxylation is 1. The second-order valence-corrected chi connectivity index (χ2v) is 6.29. The molecule has 1 amide bonds. The highest BCUT2D eigenvalue weighted by molar-refractivity contribution is 7.98. The Morgan fingerprint density at radius 3 is 2.86 bits per heavy atom. The summed E-state index contributed by atoms with van der Waals surface area (Å²) in [6, 6.07) is 14.5. The number of fused-ring (bicyclic) bond motifs is 1. The Balaban J connectivity index is 1.74. The lowest BCUT2D eigenvalue weighted by Gasteiger charge is -2.08. The number of carbonyl (C=O) groups excluding carboxylic acids is 1. The first kappa shape index (κ1) is 14.2. The molecule has 0 aliphatic carbocycles. The first-order chi connectivity index (χ1) is 10.2. The van der Waals surface area contributed by atoms with Gasteiger partial charge in [-0.05, 0) is 31.7 Å². The molecular weight excluding hydrogens is 280 g/mol. The Morgan fingerprint density at radius 1 is 1.24 bits per heavy atom. The van der Waals surface area contributed by atoms with Crippen LogP contribution in [-0.4, -0.2) is 13.0 Å². The van der Waals surface area contributed by atoms with Crippen LogP contribution in [0.3, 0.4) is 0 Å². The Bertz CT molecular complexity index is 684. The van der Waals surface area contributed by atoms with Crippen LogP contribution in [0.5, 0.6) is 0 Å². The van der Waals surface area contributed by atoms with E-state index in [1.807, 2.05) is 6.07 Å². The standard InChI is InChI=1S/C17H18N2OS/c1-11-4-3-5-12(8-11)10-21-13-6-7-14-15(9-13)19-17(20)16(14)18-2/h3-9,16,18H,10H2,1-2H3,(H,19,20). The summed E-state index contributed by atoms with van der Waals surface area (Å²) in [4.78, 5) is 13.0. The summed E-state index contributed by atoms with van der Waals surface area (Å²) >= 11 is 1.79. The molecule has 0 spiro atoms. The van der Waals surface area contributed by atoms with E-state index in [1.165, 1.54) is 16.0 Å². The predicted molar refractivity (Wildman–Crippen MR) is 87.6 cm³/mol. The van der Waals surface area contributed by atoms with Crippen LogP contribution in [0.25, 0.3) is 0 Å². The molecule has 1 atom stereocenters. The maximum atomic E-state index is 11.8. The summed E-state index contributed by atoms with van der Waals surface area (Å²) < 4.78 is 0. The van der Waals surface area contributed by atoms with E-state index in [0.717, 1.165) is 17.0 Å². The van der Waals surface area contributed by atoms with Gasteiger partial charge in [-0.25, -0.2) is 0 Å². The highest BCUT2D eigenvalue weighted by atomic mass is 32.2. The number of hydrogen-bond donors (Lipinski definition) is 2. The Hall–Kier alpha value is -1.78. The molecule has 1 aliphatic heterocycles. The normalized spacial score (nSPS) is 16.7. The number of anilines is 1. The van der Waals surface area contributed by atoms with Gasteiger partial charge in [0.1, 0.15) is 6.04 Å². The van der Waals surface area contributed by atoms with E-state index in [1.54, 1.807) is 18.8 Å². The van der Waals surface area contributed by atoms with Gasteiger partial charge >= 0.3 is 0 Å². The second kappa shape index (κ2) is 5.92. The van der Waals surface area contributed by atoms with Crippen molar-refractivity contribution in [1.82, 2.24) is 5.32 Å². The van der Waals surface area contributed by atoms with Crippen molar-refractivity contribution in [3.8, 4) is 0 Å². The lowest BCUT2D eigenvalue weighted by Crippen LogP contribution is -2.23. The molecule has 1 aliphatic rings. The molecule has 3 rings (SSSR count). The summed E-state index contributed by atoms with van der Waals surface area (Å²) in [5, 5.41) is 5.97. The number of amides is 1. The van der Waals surface area contributed by atoms with Gasteiger partial charge in [0.2, 0.25) is 5.91 Å². The van der Waals surface area contributed by atoms with Crippen LogP contribution in [-0.2, 0) is 10.5 Å². The summed E-state index contributed by atoms with van der Waals surface area (Å²) in [6.45, 7) is 2.11. The van der Waals surface area contributed by atoms with Gasteiger partial charge in [0.25, 0.3) is 0 Å². The van der Waals surface area contributed by atoms with Crippen molar-refractivity contribution in [2.75, 3.05) is 12.4 Å². The van der Waals surface area contributed by atoms with Crippen LogP contribution in [0.15, 0.2) is 47.4 Å². The molecule has 0 saturated heterocycles. The maximum absolute atomic E-state index is 11.8. The van der Waals surface area contributed by atoms with Crippen molar-refractivity contribution in [2.24, 2.45) is 0 Å². The maximum Gasteiger partial charge on any atom is 0.246 e. The number of likely N-dealkylation sites (N-methyl/N-ethyl adjacent to an activating group) is 1. The molecule has 1 unspecified atom stereocenters. The van der Waals surface area contributed by atoms with Gasteiger partial charge in [-0.1, -0.05) is 35.9 Å². The van der Waals surface area contributed by atoms with Crippen molar-refractivity contribution in [3.05, 3.63) is 59.2 Å². The number of benzene rings is 2. The van der Waals surface area contributed by atoms with E-state index < -0.39 is 0 Å². The van der Waals surface area contributed by atoms with Gasteiger partial charge < -0.3 is 10.6 Å².